The number of piperidine rings is 1. The van der Waals surface area contributed by atoms with Crippen molar-refractivity contribution >= 4 is 11.6 Å². The number of rotatable bonds is 2. The minimum Gasteiger partial charge on any atom is -0.497 e. The number of hydrogen-bond acceptors (Lipinski definition) is 5. The Labute approximate surface area is 170 Å². The first-order valence-electron chi connectivity index (χ1n) is 10.1. The molecule has 6 heteroatoms. The molecular formula is C23H25N3O3. The topological polar surface area (TPSA) is 54.0 Å². The molecule has 0 bridgehead atoms. The van der Waals surface area contributed by atoms with Gasteiger partial charge < -0.3 is 19.8 Å². The second-order valence-electron chi connectivity index (χ2n) is 7.83. The van der Waals surface area contributed by atoms with Crippen molar-refractivity contribution in [3.8, 4) is 11.5 Å². The molecule has 0 unspecified atom stereocenters. The number of hydrogen-bond donors (Lipinski definition) is 1. The van der Waals surface area contributed by atoms with E-state index in [9.17, 15) is 4.79 Å². The van der Waals surface area contributed by atoms with Gasteiger partial charge in [0.05, 0.1) is 18.8 Å². The summed E-state index contributed by atoms with van der Waals surface area (Å²) in [6, 6.07) is 16.4. The summed E-state index contributed by atoms with van der Waals surface area (Å²) in [4.78, 5) is 13.7. The van der Waals surface area contributed by atoms with Gasteiger partial charge in [0.2, 0.25) is 5.91 Å². The molecule has 3 heterocycles. The van der Waals surface area contributed by atoms with E-state index < -0.39 is 5.72 Å². The fourth-order valence-electron chi connectivity index (χ4n) is 4.59. The second kappa shape index (κ2) is 6.81. The molecule has 2 aromatic carbocycles. The summed E-state index contributed by atoms with van der Waals surface area (Å²) in [5, 5.41) is 2.24. The van der Waals surface area contributed by atoms with Gasteiger partial charge in [-0.2, -0.15) is 5.01 Å². The number of hydrazine groups is 1. The van der Waals surface area contributed by atoms with Gasteiger partial charge in [-0.05, 0) is 24.3 Å². The van der Waals surface area contributed by atoms with Crippen LogP contribution in [0, 0.1) is 0 Å². The first-order valence-corrected chi connectivity index (χ1v) is 10.1. The highest BCUT2D eigenvalue weighted by Gasteiger charge is 2.51. The van der Waals surface area contributed by atoms with Gasteiger partial charge in [0, 0.05) is 44.0 Å². The molecule has 0 radical (unpaired) electrons. The number of para-hydroxylation sites is 1. The molecule has 1 amide bonds. The molecule has 1 fully saturated rings. The number of methoxy groups -OCH3 is 1. The van der Waals surface area contributed by atoms with Crippen molar-refractivity contribution in [3.63, 3.8) is 0 Å². The molecule has 0 aliphatic carbocycles. The standard InChI is InChI=1S/C23H25N3O3/c1-16(27)25-12-10-23(11-13-25)26-21(19-8-3-4-9-22(19)29-23)15-20(24-26)17-6-5-7-18(14-17)28-2/h3-9,14-15,21,24H,10-13H2,1-2H3/t21-/m0/s1. The lowest BCUT2D eigenvalue weighted by Crippen LogP contribution is -2.63. The average molecular weight is 391 g/mol. The van der Waals surface area contributed by atoms with E-state index in [1.54, 1.807) is 14.0 Å². The molecular weight excluding hydrogens is 366 g/mol. The number of amides is 1. The predicted octanol–water partition coefficient (Wildman–Crippen LogP) is 3.33. The van der Waals surface area contributed by atoms with E-state index in [0.29, 0.717) is 13.1 Å². The SMILES string of the molecule is COc1cccc(C2=C[C@H]3c4ccccc4OC4(CCN(C(C)=O)CC4)N3N2)c1. The number of ether oxygens (including phenoxy) is 2. The average Bonchev–Trinajstić information content (AvgIpc) is 3.21. The van der Waals surface area contributed by atoms with Crippen LogP contribution < -0.4 is 14.9 Å². The Morgan fingerprint density at radius 3 is 2.72 bits per heavy atom. The van der Waals surface area contributed by atoms with Gasteiger partial charge in [0.25, 0.3) is 0 Å². The molecule has 2 aromatic rings. The molecule has 6 nitrogen and oxygen atoms in total. The lowest BCUT2D eigenvalue weighted by molar-refractivity contribution is -0.165. The van der Waals surface area contributed by atoms with E-state index in [-0.39, 0.29) is 11.9 Å². The number of nitrogens with zero attached hydrogens (tertiary/aromatic N) is 2. The monoisotopic (exact) mass is 391 g/mol. The second-order valence-corrected chi connectivity index (χ2v) is 7.83. The normalized spacial score (nSPS) is 22.2. The third-order valence-corrected chi connectivity index (χ3v) is 6.19. The van der Waals surface area contributed by atoms with Crippen molar-refractivity contribution in [3.05, 3.63) is 65.7 Å². The Balaban J connectivity index is 1.52. The Morgan fingerprint density at radius 2 is 1.97 bits per heavy atom. The summed E-state index contributed by atoms with van der Waals surface area (Å²) in [5.41, 5.74) is 6.40. The van der Waals surface area contributed by atoms with Crippen LogP contribution in [0.1, 0.15) is 36.9 Å². The van der Waals surface area contributed by atoms with Crippen LogP contribution >= 0.6 is 0 Å². The van der Waals surface area contributed by atoms with Crippen molar-refractivity contribution in [2.24, 2.45) is 0 Å². The van der Waals surface area contributed by atoms with E-state index in [1.165, 1.54) is 0 Å². The van der Waals surface area contributed by atoms with E-state index in [2.05, 4.69) is 28.6 Å². The van der Waals surface area contributed by atoms with Gasteiger partial charge in [0.15, 0.2) is 5.72 Å². The van der Waals surface area contributed by atoms with E-state index in [4.69, 9.17) is 9.47 Å². The van der Waals surface area contributed by atoms with E-state index in [0.717, 1.165) is 41.2 Å². The molecule has 29 heavy (non-hydrogen) atoms. The van der Waals surface area contributed by atoms with Crippen LogP contribution in [0.4, 0.5) is 0 Å². The number of nitrogens with one attached hydrogen (secondary N) is 1. The van der Waals surface area contributed by atoms with Crippen LogP contribution in [-0.4, -0.2) is 41.7 Å². The maximum atomic E-state index is 11.8. The lowest BCUT2D eigenvalue weighted by Gasteiger charge is -2.51. The van der Waals surface area contributed by atoms with Crippen LogP contribution in [-0.2, 0) is 4.79 Å². The lowest BCUT2D eigenvalue weighted by atomic mass is 9.93. The van der Waals surface area contributed by atoms with Gasteiger partial charge in [-0.25, -0.2) is 0 Å². The quantitative estimate of drug-likeness (QED) is 0.851. The van der Waals surface area contributed by atoms with Gasteiger partial charge >= 0.3 is 0 Å². The zero-order chi connectivity index (χ0) is 20.0. The first kappa shape index (κ1) is 18.1. The van der Waals surface area contributed by atoms with E-state index >= 15 is 0 Å². The van der Waals surface area contributed by atoms with Gasteiger partial charge in [-0.3, -0.25) is 4.79 Å². The Morgan fingerprint density at radius 1 is 1.17 bits per heavy atom. The molecule has 5 rings (SSSR count). The highest BCUT2D eigenvalue weighted by Crippen LogP contribution is 2.48. The van der Waals surface area contributed by atoms with Crippen molar-refractivity contribution in [2.45, 2.75) is 31.5 Å². The third kappa shape index (κ3) is 2.95. The van der Waals surface area contributed by atoms with Crippen LogP contribution in [0.5, 0.6) is 11.5 Å². The number of likely N-dealkylation sites (tertiary alicyclic amines) is 1. The number of carbonyl (C=O) groups is 1. The minimum atomic E-state index is -0.484. The maximum absolute atomic E-state index is 11.8. The largest absolute Gasteiger partial charge is 0.497 e. The molecule has 0 saturated carbocycles. The molecule has 150 valence electrons. The summed E-state index contributed by atoms with van der Waals surface area (Å²) >= 11 is 0. The number of benzene rings is 2. The Bertz CT molecular complexity index is 979. The summed E-state index contributed by atoms with van der Waals surface area (Å²) in [6.07, 6.45) is 3.77. The number of carbonyl (C=O) groups excluding carboxylic acids is 1. The van der Waals surface area contributed by atoms with Crippen molar-refractivity contribution in [1.29, 1.82) is 0 Å². The molecule has 3 aliphatic heterocycles. The van der Waals surface area contributed by atoms with Crippen LogP contribution in [0.25, 0.3) is 5.70 Å². The molecule has 1 N–H and O–H groups in total. The molecule has 1 atom stereocenters. The summed E-state index contributed by atoms with van der Waals surface area (Å²) in [5.74, 6) is 1.88. The molecule has 3 aliphatic rings. The van der Waals surface area contributed by atoms with Crippen molar-refractivity contribution in [2.75, 3.05) is 20.2 Å². The number of fused-ring (bicyclic) bond motifs is 4. The molecule has 0 aromatic heterocycles. The van der Waals surface area contributed by atoms with Crippen LogP contribution in [0.15, 0.2) is 54.6 Å². The van der Waals surface area contributed by atoms with Crippen LogP contribution in [0.2, 0.25) is 0 Å². The third-order valence-electron chi connectivity index (χ3n) is 6.19. The summed E-state index contributed by atoms with van der Waals surface area (Å²) in [6.45, 7) is 3.02. The maximum Gasteiger partial charge on any atom is 0.219 e. The van der Waals surface area contributed by atoms with E-state index in [1.807, 2.05) is 41.3 Å². The summed E-state index contributed by atoms with van der Waals surface area (Å²) in [7, 11) is 1.68. The Hall–Kier alpha value is -2.99. The van der Waals surface area contributed by atoms with Crippen molar-refractivity contribution in [1.82, 2.24) is 15.3 Å². The highest BCUT2D eigenvalue weighted by atomic mass is 16.5. The molecule has 1 spiro atoms. The fraction of sp³-hybridized carbons (Fsp3) is 0.348. The Kier molecular flexibility index (Phi) is 4.24. The van der Waals surface area contributed by atoms with Crippen molar-refractivity contribution < 1.29 is 14.3 Å². The van der Waals surface area contributed by atoms with Crippen LogP contribution in [0.3, 0.4) is 0 Å². The zero-order valence-corrected chi connectivity index (χ0v) is 16.7. The minimum absolute atomic E-state index is 0.0741. The van der Waals surface area contributed by atoms with Gasteiger partial charge in [-0.15, -0.1) is 0 Å². The smallest absolute Gasteiger partial charge is 0.219 e. The van der Waals surface area contributed by atoms with Gasteiger partial charge in [0.1, 0.15) is 11.5 Å². The highest BCUT2D eigenvalue weighted by molar-refractivity contribution is 5.73. The summed E-state index contributed by atoms with van der Waals surface area (Å²) < 4.78 is 12.0. The first-order chi connectivity index (χ1) is 14.1. The predicted molar refractivity (Wildman–Crippen MR) is 110 cm³/mol. The fourth-order valence-corrected chi connectivity index (χ4v) is 4.59. The molecule has 1 saturated heterocycles. The zero-order valence-electron chi connectivity index (χ0n) is 16.7. The van der Waals surface area contributed by atoms with Gasteiger partial charge in [-0.1, -0.05) is 30.3 Å².